The van der Waals surface area contributed by atoms with Crippen LogP contribution in [0.5, 0.6) is 0 Å². The minimum Gasteiger partial charge on any atom is -0.388 e. The van der Waals surface area contributed by atoms with E-state index in [2.05, 4.69) is 40.0 Å². The van der Waals surface area contributed by atoms with Crippen LogP contribution in [0.2, 0.25) is 0 Å². The third-order valence-electron chi connectivity index (χ3n) is 2.82. The Kier molecular flexibility index (Phi) is 3.13. The van der Waals surface area contributed by atoms with Gasteiger partial charge in [-0.2, -0.15) is 0 Å². The fraction of sp³-hybridized carbons (Fsp3) is 0.385. The zero-order chi connectivity index (χ0) is 12.4. The number of benzene rings is 1. The first kappa shape index (κ1) is 11.6. The molecular formula is C13H18N4. The summed E-state index contributed by atoms with van der Waals surface area (Å²) >= 11 is 0. The number of hydrogen-bond acceptors (Lipinski definition) is 3. The quantitative estimate of drug-likeness (QED) is 0.881. The van der Waals surface area contributed by atoms with Gasteiger partial charge in [0.2, 0.25) is 0 Å². The van der Waals surface area contributed by atoms with Crippen molar-refractivity contribution in [2.24, 2.45) is 0 Å². The number of hydrogen-bond donors (Lipinski definition) is 1. The van der Waals surface area contributed by atoms with E-state index in [0.29, 0.717) is 6.04 Å². The molecule has 0 saturated carbocycles. The van der Waals surface area contributed by atoms with Gasteiger partial charge in [0.25, 0.3) is 0 Å². The molecule has 0 atom stereocenters. The van der Waals surface area contributed by atoms with Gasteiger partial charge in [-0.3, -0.25) is 0 Å². The van der Waals surface area contributed by atoms with E-state index in [4.69, 9.17) is 0 Å². The van der Waals surface area contributed by atoms with E-state index in [1.165, 1.54) is 0 Å². The Bertz CT molecular complexity index is 514. The van der Waals surface area contributed by atoms with Crippen molar-refractivity contribution in [2.75, 3.05) is 12.4 Å². The first-order valence-electron chi connectivity index (χ1n) is 5.83. The van der Waals surface area contributed by atoms with Crippen LogP contribution in [0.15, 0.2) is 24.3 Å². The molecule has 1 N–H and O–H groups in total. The van der Waals surface area contributed by atoms with Crippen molar-refractivity contribution < 1.29 is 0 Å². The summed E-state index contributed by atoms with van der Waals surface area (Å²) in [4.78, 5) is 0. The molecule has 1 heterocycles. The van der Waals surface area contributed by atoms with Crippen molar-refractivity contribution in [1.29, 1.82) is 0 Å². The van der Waals surface area contributed by atoms with Gasteiger partial charge in [0.05, 0.1) is 0 Å². The van der Waals surface area contributed by atoms with Crippen LogP contribution in [0, 0.1) is 6.92 Å². The standard InChI is InChI=1S/C13H18N4/c1-9(2)17-10(3)15-16-13(17)11-7-5-6-8-12(11)14-4/h5-9,14H,1-4H3. The van der Waals surface area contributed by atoms with Gasteiger partial charge in [-0.25, -0.2) is 0 Å². The molecule has 0 spiro atoms. The first-order chi connectivity index (χ1) is 8.15. The highest BCUT2D eigenvalue weighted by atomic mass is 15.3. The Morgan fingerprint density at radius 1 is 1.18 bits per heavy atom. The molecule has 0 aliphatic carbocycles. The Morgan fingerprint density at radius 3 is 2.53 bits per heavy atom. The topological polar surface area (TPSA) is 42.7 Å². The van der Waals surface area contributed by atoms with Crippen molar-refractivity contribution in [3.05, 3.63) is 30.1 Å². The maximum Gasteiger partial charge on any atom is 0.166 e. The number of para-hydroxylation sites is 1. The molecular weight excluding hydrogens is 212 g/mol. The van der Waals surface area contributed by atoms with Crippen LogP contribution in [0.25, 0.3) is 11.4 Å². The minimum atomic E-state index is 0.352. The van der Waals surface area contributed by atoms with Gasteiger partial charge in [-0.05, 0) is 32.9 Å². The summed E-state index contributed by atoms with van der Waals surface area (Å²) < 4.78 is 2.15. The third kappa shape index (κ3) is 2.02. The summed E-state index contributed by atoms with van der Waals surface area (Å²) in [5, 5.41) is 11.7. The lowest BCUT2D eigenvalue weighted by atomic mass is 10.1. The van der Waals surface area contributed by atoms with E-state index in [0.717, 1.165) is 22.9 Å². The molecule has 0 bridgehead atoms. The Morgan fingerprint density at radius 2 is 1.88 bits per heavy atom. The average Bonchev–Trinajstić information content (AvgIpc) is 2.71. The molecule has 0 aliphatic rings. The van der Waals surface area contributed by atoms with Crippen LogP contribution >= 0.6 is 0 Å². The van der Waals surface area contributed by atoms with Gasteiger partial charge in [-0.15, -0.1) is 10.2 Å². The molecule has 4 nitrogen and oxygen atoms in total. The van der Waals surface area contributed by atoms with Crippen molar-refractivity contribution in [2.45, 2.75) is 26.8 Å². The largest absolute Gasteiger partial charge is 0.388 e. The highest BCUT2D eigenvalue weighted by molar-refractivity contribution is 5.73. The molecule has 1 aromatic carbocycles. The second-order valence-electron chi connectivity index (χ2n) is 4.33. The van der Waals surface area contributed by atoms with E-state index >= 15 is 0 Å². The smallest absolute Gasteiger partial charge is 0.166 e. The van der Waals surface area contributed by atoms with Gasteiger partial charge < -0.3 is 9.88 Å². The molecule has 0 saturated heterocycles. The van der Waals surface area contributed by atoms with Gasteiger partial charge in [0.1, 0.15) is 5.82 Å². The van der Waals surface area contributed by atoms with Crippen LogP contribution in [0.1, 0.15) is 25.7 Å². The van der Waals surface area contributed by atoms with Crippen molar-refractivity contribution in [3.63, 3.8) is 0 Å². The zero-order valence-corrected chi connectivity index (χ0v) is 10.7. The fourth-order valence-corrected chi connectivity index (χ4v) is 2.07. The summed E-state index contributed by atoms with van der Waals surface area (Å²) in [6.45, 7) is 6.27. The lowest BCUT2D eigenvalue weighted by Gasteiger charge is -2.14. The number of nitrogens with one attached hydrogen (secondary N) is 1. The van der Waals surface area contributed by atoms with E-state index < -0.39 is 0 Å². The fourth-order valence-electron chi connectivity index (χ4n) is 2.07. The summed E-state index contributed by atoms with van der Waals surface area (Å²) in [7, 11) is 1.92. The molecule has 0 fully saturated rings. The summed E-state index contributed by atoms with van der Waals surface area (Å²) in [5.74, 6) is 1.86. The second kappa shape index (κ2) is 4.57. The predicted molar refractivity (Wildman–Crippen MR) is 70.1 cm³/mol. The van der Waals surface area contributed by atoms with Gasteiger partial charge in [0.15, 0.2) is 5.82 Å². The van der Waals surface area contributed by atoms with E-state index in [9.17, 15) is 0 Å². The molecule has 0 unspecified atom stereocenters. The first-order valence-corrected chi connectivity index (χ1v) is 5.83. The summed E-state index contributed by atoms with van der Waals surface area (Å²) in [6, 6.07) is 8.49. The van der Waals surface area contributed by atoms with E-state index in [1.807, 2.05) is 32.2 Å². The molecule has 2 rings (SSSR count). The highest BCUT2D eigenvalue weighted by Gasteiger charge is 2.15. The average molecular weight is 230 g/mol. The van der Waals surface area contributed by atoms with Crippen LogP contribution in [0.3, 0.4) is 0 Å². The molecule has 0 amide bonds. The summed E-state index contributed by atoms with van der Waals surface area (Å²) in [6.07, 6.45) is 0. The van der Waals surface area contributed by atoms with Crippen molar-refractivity contribution in [3.8, 4) is 11.4 Å². The van der Waals surface area contributed by atoms with E-state index in [1.54, 1.807) is 0 Å². The van der Waals surface area contributed by atoms with Crippen LogP contribution < -0.4 is 5.32 Å². The Balaban J connectivity index is 2.60. The van der Waals surface area contributed by atoms with Gasteiger partial charge in [-0.1, -0.05) is 12.1 Å². The number of rotatable bonds is 3. The number of anilines is 1. The molecule has 17 heavy (non-hydrogen) atoms. The molecule has 1 aromatic heterocycles. The minimum absolute atomic E-state index is 0.352. The third-order valence-corrected chi connectivity index (χ3v) is 2.82. The van der Waals surface area contributed by atoms with Crippen LogP contribution in [-0.2, 0) is 0 Å². The number of aryl methyl sites for hydroxylation is 1. The molecule has 0 aliphatic heterocycles. The highest BCUT2D eigenvalue weighted by Crippen LogP contribution is 2.28. The van der Waals surface area contributed by atoms with Gasteiger partial charge in [0, 0.05) is 24.3 Å². The second-order valence-corrected chi connectivity index (χ2v) is 4.33. The lowest BCUT2D eigenvalue weighted by Crippen LogP contribution is -2.06. The molecule has 90 valence electrons. The lowest BCUT2D eigenvalue weighted by molar-refractivity contribution is 0.588. The maximum absolute atomic E-state index is 4.29. The monoisotopic (exact) mass is 230 g/mol. The normalized spacial score (nSPS) is 10.9. The van der Waals surface area contributed by atoms with E-state index in [-0.39, 0.29) is 0 Å². The summed E-state index contributed by atoms with van der Waals surface area (Å²) in [5.41, 5.74) is 2.16. The molecule has 2 aromatic rings. The van der Waals surface area contributed by atoms with Crippen molar-refractivity contribution >= 4 is 5.69 Å². The van der Waals surface area contributed by atoms with Crippen LogP contribution in [0.4, 0.5) is 5.69 Å². The van der Waals surface area contributed by atoms with Crippen LogP contribution in [-0.4, -0.2) is 21.8 Å². The van der Waals surface area contributed by atoms with Gasteiger partial charge >= 0.3 is 0 Å². The molecule has 0 radical (unpaired) electrons. The van der Waals surface area contributed by atoms with Crippen molar-refractivity contribution in [1.82, 2.24) is 14.8 Å². The SMILES string of the molecule is CNc1ccccc1-c1nnc(C)n1C(C)C. The molecule has 4 heteroatoms. The maximum atomic E-state index is 4.29. The number of aromatic nitrogens is 3. The predicted octanol–water partition coefficient (Wildman–Crippen LogP) is 2.88. The Hall–Kier alpha value is -1.84. The zero-order valence-electron chi connectivity index (χ0n) is 10.7. The Labute approximate surface area is 102 Å². The number of nitrogens with zero attached hydrogens (tertiary/aromatic N) is 3.